The van der Waals surface area contributed by atoms with Crippen molar-refractivity contribution in [3.63, 3.8) is 0 Å². The predicted molar refractivity (Wildman–Crippen MR) is 15.9 cm³/mol. The molecule has 0 aliphatic rings. The Labute approximate surface area is 74.6 Å². The van der Waals surface area contributed by atoms with Gasteiger partial charge in [0.1, 0.15) is 0 Å². The Morgan fingerprint density at radius 1 is 0.600 bits per heavy atom. The molecule has 0 atom stereocenters. The topological polar surface area (TPSA) is 0 Å². The number of hydrogen-bond donors (Lipinski definition) is 0. The number of thiol groups is 1. The Bertz CT molecular complexity index is 6.85. The molecular formula is H2Cl3SSb-4. The zero-order valence-electron chi connectivity index (χ0n) is 2.08. The third-order valence-corrected chi connectivity index (χ3v) is 0. The van der Waals surface area contributed by atoms with E-state index in [1.807, 2.05) is 0 Å². The van der Waals surface area contributed by atoms with Gasteiger partial charge < -0.3 is 50.7 Å². The molecule has 2 radical (unpaired) electrons. The fourth-order valence-corrected chi connectivity index (χ4v) is 0. The first kappa shape index (κ1) is 61.8. The maximum absolute atomic E-state index is 0. The van der Waals surface area contributed by atoms with Crippen LogP contribution in [0.4, 0.5) is 0 Å². The number of hydrogen-bond acceptors (Lipinski definition) is 1. The molecule has 0 saturated heterocycles. The van der Waals surface area contributed by atoms with Gasteiger partial charge in [0.05, 0.1) is 0 Å². The van der Waals surface area contributed by atoms with E-state index in [0.717, 1.165) is 0 Å². The van der Waals surface area contributed by atoms with Gasteiger partial charge in [-0.15, -0.1) is 0 Å². The fraction of sp³-hybridized carbons (Fsp3) is 0. The van der Waals surface area contributed by atoms with E-state index in [0.29, 0.717) is 0 Å². The standard InChI is InChI=1S/3ClH.H2S.Sb.H/h3*1H;1H2;;/p-4. The van der Waals surface area contributed by atoms with Crippen molar-refractivity contribution in [2.45, 2.75) is 0 Å². The zero-order chi connectivity index (χ0) is 0. The van der Waals surface area contributed by atoms with Crippen LogP contribution in [0.25, 0.3) is 0 Å². The van der Waals surface area contributed by atoms with Crippen LogP contribution in [0, 0.1) is 0 Å². The van der Waals surface area contributed by atoms with Crippen LogP contribution in [0.2, 0.25) is 0 Å². The Balaban J connectivity index is 0. The summed E-state index contributed by atoms with van der Waals surface area (Å²) in [6, 6.07) is 0. The zero-order valence-corrected chi connectivity index (χ0v) is 8.10. The van der Waals surface area contributed by atoms with Gasteiger partial charge in [-0.1, -0.05) is 0 Å². The summed E-state index contributed by atoms with van der Waals surface area (Å²) in [5, 5.41) is 0. The van der Waals surface area contributed by atoms with Gasteiger partial charge in [0, 0.05) is 0 Å². The number of rotatable bonds is 0. The van der Waals surface area contributed by atoms with E-state index >= 15 is 0 Å². The Kier molecular flexibility index (Phi) is 456. The van der Waals surface area contributed by atoms with E-state index in [1.54, 1.807) is 0 Å². The molecular weight excluding hydrogens is 260 g/mol. The number of halogens is 3. The molecule has 0 aromatic rings. The average Bonchev–Trinajstić information content (AvgIpc) is 0. The molecule has 5 heteroatoms. The van der Waals surface area contributed by atoms with Crippen LogP contribution in [0.3, 0.4) is 0 Å². The second kappa shape index (κ2) is 36.9. The molecule has 0 fully saturated rings. The first-order chi connectivity index (χ1) is 0. The Hall–Kier alpha value is 2.04. The van der Waals surface area contributed by atoms with Crippen molar-refractivity contribution in [1.29, 1.82) is 0 Å². The third-order valence-electron chi connectivity index (χ3n) is 0. The molecule has 0 bridgehead atoms. The average molecular weight is 262 g/mol. The van der Waals surface area contributed by atoms with Gasteiger partial charge in [-0.05, 0) is 0 Å². The summed E-state index contributed by atoms with van der Waals surface area (Å²) < 4.78 is 0. The van der Waals surface area contributed by atoms with Crippen LogP contribution in [-0.2, 0) is 13.5 Å². The summed E-state index contributed by atoms with van der Waals surface area (Å²) in [7, 11) is 0. The van der Waals surface area contributed by atoms with Crippen LogP contribution in [-0.4, -0.2) is 24.4 Å². The molecule has 38 valence electrons. The molecule has 0 spiro atoms. The fourth-order valence-electron chi connectivity index (χ4n) is 0. The molecule has 0 heterocycles. The SMILES string of the molecule is [Cl-].[Cl-].[Cl-].[SH-].[SbH]. The molecule has 0 aromatic heterocycles. The first-order valence-corrected chi connectivity index (χ1v) is 0. The first-order valence-electron chi connectivity index (χ1n) is 0. The van der Waals surface area contributed by atoms with Crippen LogP contribution in [0.5, 0.6) is 0 Å². The van der Waals surface area contributed by atoms with Crippen molar-refractivity contribution in [1.82, 2.24) is 0 Å². The van der Waals surface area contributed by atoms with Gasteiger partial charge in [-0.25, -0.2) is 0 Å². The van der Waals surface area contributed by atoms with Crippen molar-refractivity contribution in [3.05, 3.63) is 0 Å². The molecule has 0 aromatic carbocycles. The summed E-state index contributed by atoms with van der Waals surface area (Å²) in [5.41, 5.74) is 0. The van der Waals surface area contributed by atoms with E-state index < -0.39 is 0 Å². The summed E-state index contributed by atoms with van der Waals surface area (Å²) in [6.45, 7) is 0. The predicted octanol–water partition coefficient (Wildman–Crippen LogP) is -9.91. The van der Waals surface area contributed by atoms with E-state index in [2.05, 4.69) is 0 Å². The monoisotopic (exact) mass is 260 g/mol. The Morgan fingerprint density at radius 3 is 0.600 bits per heavy atom. The van der Waals surface area contributed by atoms with Gasteiger partial charge in [-0.2, -0.15) is 0 Å². The second-order valence-electron chi connectivity index (χ2n) is 0. The maximum atomic E-state index is 0. The van der Waals surface area contributed by atoms with Crippen LogP contribution in [0.15, 0.2) is 0 Å². The molecule has 5 heavy (non-hydrogen) atoms. The van der Waals surface area contributed by atoms with E-state index in [9.17, 15) is 0 Å². The Morgan fingerprint density at radius 2 is 0.600 bits per heavy atom. The van der Waals surface area contributed by atoms with Gasteiger partial charge in [-0.3, -0.25) is 0 Å². The van der Waals surface area contributed by atoms with Gasteiger partial charge in [0.25, 0.3) is 0 Å². The summed E-state index contributed by atoms with van der Waals surface area (Å²) in [6.07, 6.45) is 0. The molecule has 0 N–H and O–H groups in total. The summed E-state index contributed by atoms with van der Waals surface area (Å²) in [5.74, 6) is 0. The van der Waals surface area contributed by atoms with Crippen molar-refractivity contribution in [2.24, 2.45) is 0 Å². The molecule has 0 aliphatic heterocycles. The van der Waals surface area contributed by atoms with Crippen LogP contribution < -0.4 is 37.2 Å². The van der Waals surface area contributed by atoms with Crippen molar-refractivity contribution < 1.29 is 37.2 Å². The summed E-state index contributed by atoms with van der Waals surface area (Å²) >= 11 is 0. The van der Waals surface area contributed by atoms with Crippen LogP contribution in [0.1, 0.15) is 0 Å². The minimum atomic E-state index is 0. The normalized spacial score (nSPS) is 0. The van der Waals surface area contributed by atoms with E-state index in [-0.39, 0.29) is 75.1 Å². The van der Waals surface area contributed by atoms with Crippen molar-refractivity contribution in [2.75, 3.05) is 0 Å². The van der Waals surface area contributed by atoms with Gasteiger partial charge in [0.15, 0.2) is 0 Å². The van der Waals surface area contributed by atoms with Gasteiger partial charge >= 0.3 is 24.4 Å². The molecule has 0 amide bonds. The van der Waals surface area contributed by atoms with Crippen LogP contribution >= 0.6 is 0 Å². The summed E-state index contributed by atoms with van der Waals surface area (Å²) in [4.78, 5) is 0. The van der Waals surface area contributed by atoms with Crippen molar-refractivity contribution in [3.8, 4) is 0 Å². The molecule has 0 aliphatic carbocycles. The third kappa shape index (κ3) is 23.7. The van der Waals surface area contributed by atoms with Gasteiger partial charge in [0.2, 0.25) is 0 Å². The van der Waals surface area contributed by atoms with E-state index in [1.165, 1.54) is 0 Å². The van der Waals surface area contributed by atoms with Crippen molar-refractivity contribution >= 4 is 37.9 Å². The van der Waals surface area contributed by atoms with E-state index in [4.69, 9.17) is 0 Å². The molecule has 0 nitrogen and oxygen atoms in total. The molecule has 0 saturated carbocycles. The second-order valence-corrected chi connectivity index (χ2v) is 0. The quantitative estimate of drug-likeness (QED) is 0.237. The molecule has 0 unspecified atom stereocenters. The minimum absolute atomic E-state index is 0. The molecule has 0 rings (SSSR count).